The monoisotopic (exact) mass is 443 g/mol. The Labute approximate surface area is 183 Å². The van der Waals surface area contributed by atoms with E-state index >= 15 is 0 Å². The van der Waals surface area contributed by atoms with Crippen LogP contribution in [0, 0.1) is 11.6 Å². The number of halogens is 2. The summed E-state index contributed by atoms with van der Waals surface area (Å²) >= 11 is 0. The molecule has 1 heterocycles. The first kappa shape index (κ1) is 23.1. The zero-order valence-corrected chi connectivity index (χ0v) is 17.2. The molecule has 168 valence electrons. The van der Waals surface area contributed by atoms with Crippen LogP contribution in [0.2, 0.25) is 0 Å². The zero-order chi connectivity index (χ0) is 23.3. The summed E-state index contributed by atoms with van der Waals surface area (Å²) in [6.45, 7) is 1.36. The third-order valence-electron chi connectivity index (χ3n) is 5.00. The minimum absolute atomic E-state index is 0.235. The van der Waals surface area contributed by atoms with E-state index < -0.39 is 47.5 Å². The van der Waals surface area contributed by atoms with Crippen molar-refractivity contribution in [2.45, 2.75) is 37.6 Å². The van der Waals surface area contributed by atoms with Crippen LogP contribution in [0.1, 0.15) is 36.6 Å². The van der Waals surface area contributed by atoms with E-state index in [0.717, 1.165) is 17.7 Å². The van der Waals surface area contributed by atoms with Gasteiger partial charge >= 0.3 is 0 Å². The lowest BCUT2D eigenvalue weighted by Crippen LogP contribution is -2.52. The number of benzene rings is 2. The van der Waals surface area contributed by atoms with E-state index in [9.17, 15) is 28.3 Å². The van der Waals surface area contributed by atoms with Crippen molar-refractivity contribution in [3.63, 3.8) is 0 Å². The summed E-state index contributed by atoms with van der Waals surface area (Å²) in [6, 6.07) is 9.35. The number of hydrogen-bond acceptors (Lipinski definition) is 4. The van der Waals surface area contributed by atoms with Crippen molar-refractivity contribution >= 4 is 17.7 Å². The van der Waals surface area contributed by atoms with Crippen LogP contribution in [0.4, 0.5) is 8.78 Å². The molecule has 0 spiro atoms. The highest BCUT2D eigenvalue weighted by Crippen LogP contribution is 2.20. The molecule has 0 aromatic heterocycles. The first-order chi connectivity index (χ1) is 15.2. The van der Waals surface area contributed by atoms with Crippen LogP contribution in [0.15, 0.2) is 60.7 Å². The molecule has 32 heavy (non-hydrogen) atoms. The molecule has 1 unspecified atom stereocenters. The average Bonchev–Trinajstić information content (AvgIpc) is 2.94. The summed E-state index contributed by atoms with van der Waals surface area (Å²) in [5.41, 5.74) is 0.645. The Bertz CT molecular complexity index is 1010. The Hall–Kier alpha value is -3.59. The molecule has 3 rings (SSSR count). The minimum atomic E-state index is -1.87. The number of aliphatic hydroxyl groups is 1. The molecule has 0 saturated carbocycles. The lowest BCUT2D eigenvalue weighted by Gasteiger charge is -2.21. The molecule has 2 aromatic carbocycles. The Balaban J connectivity index is 1.58. The van der Waals surface area contributed by atoms with Crippen LogP contribution in [-0.4, -0.2) is 34.9 Å². The van der Waals surface area contributed by atoms with Gasteiger partial charge in [0.05, 0.1) is 6.04 Å². The molecule has 0 fully saturated rings. The maximum absolute atomic E-state index is 13.3. The molecular formula is C23H23F2N3O4. The van der Waals surface area contributed by atoms with Gasteiger partial charge in [-0.3, -0.25) is 14.4 Å². The highest BCUT2D eigenvalue weighted by molar-refractivity contribution is 5.93. The highest BCUT2D eigenvalue weighted by Gasteiger charge is 2.28. The molecule has 2 aromatic rings. The largest absolute Gasteiger partial charge is 0.378 e. The van der Waals surface area contributed by atoms with E-state index in [0.29, 0.717) is 12.5 Å². The fraction of sp³-hybridized carbons (Fsp3) is 0.261. The second-order valence-electron chi connectivity index (χ2n) is 7.46. The average molecular weight is 443 g/mol. The number of nitrogens with one attached hydrogen (secondary N) is 3. The van der Waals surface area contributed by atoms with Gasteiger partial charge in [0, 0.05) is 6.07 Å². The van der Waals surface area contributed by atoms with E-state index in [1.807, 2.05) is 30.3 Å². The van der Waals surface area contributed by atoms with Gasteiger partial charge in [-0.25, -0.2) is 8.78 Å². The van der Waals surface area contributed by atoms with Crippen LogP contribution < -0.4 is 16.0 Å². The second kappa shape index (κ2) is 10.1. The van der Waals surface area contributed by atoms with Crippen molar-refractivity contribution in [3.8, 4) is 0 Å². The van der Waals surface area contributed by atoms with Gasteiger partial charge in [0.25, 0.3) is 5.91 Å². The molecule has 3 amide bonds. The number of hydrogen-bond donors (Lipinski definition) is 4. The third kappa shape index (κ3) is 5.76. The highest BCUT2D eigenvalue weighted by atomic mass is 19.1. The van der Waals surface area contributed by atoms with Crippen LogP contribution in [0.5, 0.6) is 0 Å². The smallest absolute Gasteiger partial charge is 0.254 e. The van der Waals surface area contributed by atoms with Gasteiger partial charge in [0.1, 0.15) is 23.7 Å². The topological polar surface area (TPSA) is 108 Å². The molecule has 1 aliphatic heterocycles. The van der Waals surface area contributed by atoms with Crippen LogP contribution in [0.3, 0.4) is 0 Å². The Morgan fingerprint density at radius 1 is 1.09 bits per heavy atom. The van der Waals surface area contributed by atoms with Gasteiger partial charge in [0.2, 0.25) is 11.8 Å². The van der Waals surface area contributed by atoms with Crippen molar-refractivity contribution in [2.24, 2.45) is 0 Å². The van der Waals surface area contributed by atoms with E-state index in [1.54, 1.807) is 12.2 Å². The van der Waals surface area contributed by atoms with E-state index in [2.05, 4.69) is 16.0 Å². The van der Waals surface area contributed by atoms with Crippen LogP contribution in [-0.2, 0) is 14.4 Å². The van der Waals surface area contributed by atoms with E-state index in [-0.39, 0.29) is 11.6 Å². The SMILES string of the molecule is C[C@H](NC(=O)[C@@H](O)c1cc(F)cc(F)c1)C(=O)N[C@H]1C=CCC(c2ccccc2)NC1=O. The molecular weight excluding hydrogens is 420 g/mol. The summed E-state index contributed by atoms with van der Waals surface area (Å²) in [5, 5.41) is 17.7. The standard InChI is InChI=1S/C23H23F2N3O4/c1-13(26-23(32)20(29)15-10-16(24)12-17(25)11-15)21(30)28-19-9-5-8-18(27-22(19)31)14-6-3-2-4-7-14/h2-7,9-13,18-20,29H,8H2,1H3,(H,26,32)(H,27,31)(H,28,30)/t13-,18?,19-,20-/m0/s1. The van der Waals surface area contributed by atoms with Crippen molar-refractivity contribution < 1.29 is 28.3 Å². The van der Waals surface area contributed by atoms with Gasteiger partial charge in [-0.15, -0.1) is 0 Å². The summed E-state index contributed by atoms with van der Waals surface area (Å²) in [7, 11) is 0. The van der Waals surface area contributed by atoms with Crippen LogP contribution >= 0.6 is 0 Å². The number of amides is 3. The fourth-order valence-electron chi connectivity index (χ4n) is 3.30. The van der Waals surface area contributed by atoms with Crippen molar-refractivity contribution in [2.75, 3.05) is 0 Å². The molecule has 1 aliphatic rings. The lowest BCUT2D eigenvalue weighted by atomic mass is 10.0. The maximum Gasteiger partial charge on any atom is 0.254 e. The Morgan fingerprint density at radius 3 is 2.41 bits per heavy atom. The number of carbonyl (C=O) groups is 3. The van der Waals surface area contributed by atoms with Crippen molar-refractivity contribution in [1.82, 2.24) is 16.0 Å². The summed E-state index contributed by atoms with van der Waals surface area (Å²) in [5.74, 6) is -3.98. The number of rotatable bonds is 6. The summed E-state index contributed by atoms with van der Waals surface area (Å²) in [4.78, 5) is 37.3. The molecule has 0 bridgehead atoms. The maximum atomic E-state index is 13.3. The Morgan fingerprint density at radius 2 is 1.75 bits per heavy atom. The second-order valence-corrected chi connectivity index (χ2v) is 7.46. The van der Waals surface area contributed by atoms with Crippen molar-refractivity contribution in [1.29, 1.82) is 0 Å². The van der Waals surface area contributed by atoms with Gasteiger partial charge in [-0.05, 0) is 36.6 Å². The Kier molecular flexibility index (Phi) is 7.32. The fourth-order valence-corrected chi connectivity index (χ4v) is 3.30. The quantitative estimate of drug-likeness (QED) is 0.511. The van der Waals surface area contributed by atoms with Gasteiger partial charge < -0.3 is 21.1 Å². The van der Waals surface area contributed by atoms with Gasteiger partial charge in [0.15, 0.2) is 6.10 Å². The molecule has 4 atom stereocenters. The number of aliphatic hydroxyl groups excluding tert-OH is 1. The molecule has 7 nitrogen and oxygen atoms in total. The molecule has 0 aliphatic carbocycles. The lowest BCUT2D eigenvalue weighted by molar-refractivity contribution is -0.134. The summed E-state index contributed by atoms with van der Waals surface area (Å²) in [6.07, 6.45) is 2.02. The van der Waals surface area contributed by atoms with E-state index in [4.69, 9.17) is 0 Å². The van der Waals surface area contributed by atoms with Crippen LogP contribution in [0.25, 0.3) is 0 Å². The van der Waals surface area contributed by atoms with E-state index in [1.165, 1.54) is 6.92 Å². The van der Waals surface area contributed by atoms with Gasteiger partial charge in [-0.1, -0.05) is 42.5 Å². The predicted octanol–water partition coefficient (Wildman–Crippen LogP) is 1.81. The first-order valence-corrected chi connectivity index (χ1v) is 10.0. The predicted molar refractivity (Wildman–Crippen MR) is 112 cm³/mol. The zero-order valence-electron chi connectivity index (χ0n) is 17.2. The molecule has 4 N–H and O–H groups in total. The molecule has 0 radical (unpaired) electrons. The summed E-state index contributed by atoms with van der Waals surface area (Å²) < 4.78 is 26.6. The molecule has 0 saturated heterocycles. The third-order valence-corrected chi connectivity index (χ3v) is 5.00. The molecule has 9 heteroatoms. The van der Waals surface area contributed by atoms with Crippen molar-refractivity contribution in [3.05, 3.63) is 83.4 Å². The number of carbonyl (C=O) groups excluding carboxylic acids is 3. The van der Waals surface area contributed by atoms with Gasteiger partial charge in [-0.2, -0.15) is 0 Å². The normalized spacial score (nSPS) is 19.9. The minimum Gasteiger partial charge on any atom is -0.378 e. The first-order valence-electron chi connectivity index (χ1n) is 10.0.